The zero-order valence-electron chi connectivity index (χ0n) is 12.4. The van der Waals surface area contributed by atoms with E-state index in [9.17, 15) is 0 Å². The van der Waals surface area contributed by atoms with E-state index in [-0.39, 0.29) is 0 Å². The van der Waals surface area contributed by atoms with Gasteiger partial charge in [0, 0.05) is 25.2 Å². The molecule has 4 rings (SSSR count). The summed E-state index contributed by atoms with van der Waals surface area (Å²) in [5, 5.41) is 3.57. The second-order valence-electron chi connectivity index (χ2n) is 5.39. The van der Waals surface area contributed by atoms with Gasteiger partial charge in [0.15, 0.2) is 9.99 Å². The largest absolute Gasteiger partial charge is 0.364 e. The van der Waals surface area contributed by atoms with Gasteiger partial charge in [-0.3, -0.25) is 0 Å². The zero-order valence-corrected chi connectivity index (χ0v) is 14.0. The number of fused-ring (bicyclic) bond motifs is 2. The van der Waals surface area contributed by atoms with Crippen molar-refractivity contribution in [2.45, 2.75) is 36.7 Å². The second kappa shape index (κ2) is 5.51. The first-order valence-electron chi connectivity index (χ1n) is 7.17. The van der Waals surface area contributed by atoms with Crippen molar-refractivity contribution in [1.29, 1.82) is 0 Å². The van der Waals surface area contributed by atoms with E-state index in [0.717, 1.165) is 45.6 Å². The number of imidazole rings is 1. The lowest BCUT2D eigenvalue weighted by Crippen LogP contribution is -2.31. The summed E-state index contributed by atoms with van der Waals surface area (Å²) in [6.07, 6.45) is 7.80. The number of thiazole rings is 1. The number of thioether (sulfide) groups is 1. The van der Waals surface area contributed by atoms with Crippen molar-refractivity contribution in [1.82, 2.24) is 24.5 Å². The molecule has 4 heterocycles. The highest BCUT2D eigenvalue weighted by Gasteiger charge is 2.21. The Morgan fingerprint density at radius 3 is 3.14 bits per heavy atom. The Balaban J connectivity index is 1.60. The lowest BCUT2D eigenvalue weighted by molar-refractivity contribution is 0.476. The monoisotopic (exact) mass is 332 g/mol. The molecule has 1 N–H and O–H groups in total. The number of hydrogen-bond donors (Lipinski definition) is 1. The summed E-state index contributed by atoms with van der Waals surface area (Å²) in [4.78, 5) is 17.7. The van der Waals surface area contributed by atoms with E-state index in [2.05, 4.69) is 36.0 Å². The highest BCUT2D eigenvalue weighted by atomic mass is 32.2. The number of aryl methyl sites for hydroxylation is 2. The number of nitrogens with one attached hydrogen (secondary N) is 1. The van der Waals surface area contributed by atoms with E-state index in [1.807, 2.05) is 13.2 Å². The molecule has 0 amide bonds. The highest BCUT2D eigenvalue weighted by molar-refractivity contribution is 8.00. The highest BCUT2D eigenvalue weighted by Crippen LogP contribution is 2.31. The van der Waals surface area contributed by atoms with Gasteiger partial charge in [0.2, 0.25) is 0 Å². The summed E-state index contributed by atoms with van der Waals surface area (Å²) in [5.74, 6) is 2.08. The molecule has 6 nitrogen and oxygen atoms in total. The number of hydrogen-bond acceptors (Lipinski definition) is 7. The van der Waals surface area contributed by atoms with E-state index in [4.69, 9.17) is 0 Å². The van der Waals surface area contributed by atoms with Crippen molar-refractivity contribution in [3.8, 4) is 0 Å². The van der Waals surface area contributed by atoms with Crippen LogP contribution in [0.4, 0.5) is 5.82 Å². The lowest BCUT2D eigenvalue weighted by Gasteiger charge is -2.25. The van der Waals surface area contributed by atoms with Crippen molar-refractivity contribution in [2.24, 2.45) is 0 Å². The number of nitrogens with zero attached hydrogens (tertiary/aromatic N) is 5. The zero-order chi connectivity index (χ0) is 15.1. The average Bonchev–Trinajstić information content (AvgIpc) is 3.09. The normalized spacial score (nSPS) is 17.6. The lowest BCUT2D eigenvalue weighted by atomic mass is 10.1. The first-order chi connectivity index (χ1) is 10.7. The maximum absolute atomic E-state index is 4.56. The smallest absolute Gasteiger partial charge is 0.176 e. The van der Waals surface area contributed by atoms with Crippen molar-refractivity contribution >= 4 is 39.3 Å². The third-order valence-electron chi connectivity index (χ3n) is 3.80. The molecule has 0 unspecified atom stereocenters. The quantitative estimate of drug-likeness (QED) is 0.744. The summed E-state index contributed by atoms with van der Waals surface area (Å²) >= 11 is 3.29. The molecule has 3 aromatic heterocycles. The summed E-state index contributed by atoms with van der Waals surface area (Å²) in [7, 11) is 0. The van der Waals surface area contributed by atoms with E-state index in [1.54, 1.807) is 29.4 Å². The van der Waals surface area contributed by atoms with Crippen LogP contribution in [0.5, 0.6) is 0 Å². The first-order valence-corrected chi connectivity index (χ1v) is 9.22. The van der Waals surface area contributed by atoms with Gasteiger partial charge >= 0.3 is 0 Å². The number of aromatic nitrogens is 5. The molecular weight excluding hydrogens is 316 g/mol. The van der Waals surface area contributed by atoms with Crippen LogP contribution in [0.25, 0.3) is 10.3 Å². The third kappa shape index (κ3) is 2.46. The molecule has 1 atom stereocenters. The van der Waals surface area contributed by atoms with Crippen molar-refractivity contribution < 1.29 is 0 Å². The molecule has 114 valence electrons. The minimum atomic E-state index is 0.360. The molecule has 1 aliphatic heterocycles. The molecule has 0 aliphatic carbocycles. The van der Waals surface area contributed by atoms with Crippen LogP contribution in [0.3, 0.4) is 0 Å². The SMILES string of the molecule is CSc1nc2ncnc(N[C@@H]3CCc4nc(C)cn4C3)c2s1. The standard InChI is InChI=1S/C14H16N6S2/c1-8-5-20-6-9(3-4-10(20)17-8)18-12-11-13(16-7-15-12)19-14(21-2)22-11/h5,7,9H,3-4,6H2,1-2H3,(H,15,16,18)/t9-/m1/s1. The maximum Gasteiger partial charge on any atom is 0.176 e. The molecule has 22 heavy (non-hydrogen) atoms. The fraction of sp³-hybridized carbons (Fsp3) is 0.429. The van der Waals surface area contributed by atoms with Crippen LogP contribution in [0.2, 0.25) is 0 Å². The summed E-state index contributed by atoms with van der Waals surface area (Å²) < 4.78 is 4.31. The van der Waals surface area contributed by atoms with Crippen LogP contribution in [0.1, 0.15) is 17.9 Å². The first kappa shape index (κ1) is 14.0. The number of rotatable bonds is 3. The van der Waals surface area contributed by atoms with Gasteiger partial charge in [0.05, 0.1) is 5.69 Å². The predicted octanol–water partition coefficient (Wildman–Crippen LogP) is 2.74. The Bertz CT molecular complexity index is 824. The van der Waals surface area contributed by atoms with Crippen LogP contribution in [0, 0.1) is 6.92 Å². The molecule has 0 spiro atoms. The molecule has 0 radical (unpaired) electrons. The van der Waals surface area contributed by atoms with E-state index in [1.165, 1.54) is 5.82 Å². The fourth-order valence-corrected chi connectivity index (χ4v) is 4.29. The van der Waals surface area contributed by atoms with E-state index >= 15 is 0 Å². The van der Waals surface area contributed by atoms with Gasteiger partial charge in [0.25, 0.3) is 0 Å². The molecule has 3 aromatic rings. The molecule has 0 aromatic carbocycles. The van der Waals surface area contributed by atoms with Crippen LogP contribution < -0.4 is 5.32 Å². The van der Waals surface area contributed by atoms with Gasteiger partial charge in [-0.25, -0.2) is 19.9 Å². The Morgan fingerprint density at radius 2 is 2.27 bits per heavy atom. The maximum atomic E-state index is 4.56. The Morgan fingerprint density at radius 1 is 1.36 bits per heavy atom. The topological polar surface area (TPSA) is 68.5 Å². The molecule has 0 fully saturated rings. The Labute approximate surface area is 136 Å². The Kier molecular flexibility index (Phi) is 3.50. The van der Waals surface area contributed by atoms with E-state index < -0.39 is 0 Å². The van der Waals surface area contributed by atoms with Crippen molar-refractivity contribution in [2.75, 3.05) is 11.6 Å². The van der Waals surface area contributed by atoms with Crippen LogP contribution in [-0.2, 0) is 13.0 Å². The van der Waals surface area contributed by atoms with Crippen LogP contribution >= 0.6 is 23.1 Å². The second-order valence-corrected chi connectivity index (χ2v) is 7.44. The fourth-order valence-electron chi connectivity index (χ4n) is 2.82. The van der Waals surface area contributed by atoms with E-state index in [0.29, 0.717) is 6.04 Å². The predicted molar refractivity (Wildman–Crippen MR) is 89.7 cm³/mol. The minimum Gasteiger partial charge on any atom is -0.364 e. The van der Waals surface area contributed by atoms with Gasteiger partial charge < -0.3 is 9.88 Å². The molecule has 1 aliphatic rings. The summed E-state index contributed by atoms with van der Waals surface area (Å²) in [5.41, 5.74) is 1.87. The average molecular weight is 332 g/mol. The van der Waals surface area contributed by atoms with Gasteiger partial charge in [0.1, 0.15) is 22.7 Å². The third-order valence-corrected chi connectivity index (χ3v) is 5.84. The van der Waals surface area contributed by atoms with Gasteiger partial charge in [-0.15, -0.1) is 11.3 Å². The molecule has 0 saturated heterocycles. The van der Waals surface area contributed by atoms with Crippen molar-refractivity contribution in [3.63, 3.8) is 0 Å². The van der Waals surface area contributed by atoms with Crippen LogP contribution in [0.15, 0.2) is 16.9 Å². The van der Waals surface area contributed by atoms with Gasteiger partial charge in [-0.1, -0.05) is 11.8 Å². The molecule has 0 bridgehead atoms. The molecule has 0 saturated carbocycles. The van der Waals surface area contributed by atoms with Crippen molar-refractivity contribution in [3.05, 3.63) is 24.0 Å². The summed E-state index contributed by atoms with van der Waals surface area (Å²) in [6, 6.07) is 0.360. The van der Waals surface area contributed by atoms with Crippen LogP contribution in [-0.4, -0.2) is 36.8 Å². The Hall–Kier alpha value is -1.67. The van der Waals surface area contributed by atoms with Gasteiger partial charge in [-0.2, -0.15) is 0 Å². The minimum absolute atomic E-state index is 0.360. The molecule has 8 heteroatoms. The summed E-state index contributed by atoms with van der Waals surface area (Å²) in [6.45, 7) is 2.97. The van der Waals surface area contributed by atoms with Gasteiger partial charge in [-0.05, 0) is 19.6 Å². The number of anilines is 1. The molecular formula is C14H16N6S2.